The van der Waals surface area contributed by atoms with Crippen LogP contribution in [0.1, 0.15) is 18.1 Å². The largest absolute Gasteiger partial charge is 0.493 e. The molecule has 1 amide bonds. The second-order valence-corrected chi connectivity index (χ2v) is 8.24. The van der Waals surface area contributed by atoms with E-state index in [1.807, 2.05) is 25.1 Å². The molecule has 0 aliphatic carbocycles. The van der Waals surface area contributed by atoms with Crippen LogP contribution in [0.25, 0.3) is 6.08 Å². The minimum atomic E-state index is -0.165. The third kappa shape index (κ3) is 4.66. The number of allylic oxidation sites excluding steroid dienone is 1. The molecule has 1 aliphatic heterocycles. The number of thiocarbonyl (C=S) groups is 1. The number of methoxy groups -OCH3 is 1. The smallest absolute Gasteiger partial charge is 0.270 e. The van der Waals surface area contributed by atoms with Gasteiger partial charge in [0.25, 0.3) is 5.91 Å². The summed E-state index contributed by atoms with van der Waals surface area (Å²) in [6.45, 7) is 6.23. The normalized spacial score (nSPS) is 15.1. The SMILES string of the molecule is C=CCc1cc(/C=C2\SC(=S)N(c3ccc(Cl)cc3)C2=O)cc(OCC)c1OC. The molecule has 0 atom stereocenters. The minimum Gasteiger partial charge on any atom is -0.493 e. The first-order valence-electron chi connectivity index (χ1n) is 8.96. The van der Waals surface area contributed by atoms with Gasteiger partial charge in [0.1, 0.15) is 0 Å². The van der Waals surface area contributed by atoms with Crippen molar-refractivity contribution in [3.63, 3.8) is 0 Å². The Morgan fingerprint density at radius 3 is 2.62 bits per heavy atom. The van der Waals surface area contributed by atoms with Gasteiger partial charge in [-0.25, -0.2) is 0 Å². The second kappa shape index (κ2) is 9.48. The van der Waals surface area contributed by atoms with Gasteiger partial charge in [-0.2, -0.15) is 0 Å². The Hall–Kier alpha value is -2.28. The highest BCUT2D eigenvalue weighted by atomic mass is 35.5. The topological polar surface area (TPSA) is 38.8 Å². The molecule has 1 fully saturated rings. The number of rotatable bonds is 7. The van der Waals surface area contributed by atoms with Crippen molar-refractivity contribution in [1.82, 2.24) is 0 Å². The van der Waals surface area contributed by atoms with Gasteiger partial charge in [-0.15, -0.1) is 6.58 Å². The van der Waals surface area contributed by atoms with Gasteiger partial charge in [-0.3, -0.25) is 9.69 Å². The van der Waals surface area contributed by atoms with Crippen LogP contribution in [-0.2, 0) is 11.2 Å². The molecule has 2 aromatic carbocycles. The molecular formula is C22H20ClNO3S2. The lowest BCUT2D eigenvalue weighted by Crippen LogP contribution is -2.27. The van der Waals surface area contributed by atoms with Crippen molar-refractivity contribution < 1.29 is 14.3 Å². The average molecular weight is 446 g/mol. The summed E-state index contributed by atoms with van der Waals surface area (Å²) in [5.74, 6) is 1.15. The van der Waals surface area contributed by atoms with Crippen molar-refractivity contribution in [3.05, 3.63) is 70.1 Å². The van der Waals surface area contributed by atoms with E-state index in [-0.39, 0.29) is 5.91 Å². The van der Waals surface area contributed by atoms with E-state index < -0.39 is 0 Å². The molecule has 1 heterocycles. The van der Waals surface area contributed by atoms with Crippen molar-refractivity contribution >= 4 is 57.6 Å². The predicted molar refractivity (Wildman–Crippen MR) is 125 cm³/mol. The molecular weight excluding hydrogens is 426 g/mol. The second-order valence-electron chi connectivity index (χ2n) is 6.13. The van der Waals surface area contributed by atoms with Crippen LogP contribution in [0.3, 0.4) is 0 Å². The number of anilines is 1. The molecule has 2 aromatic rings. The fraction of sp³-hybridized carbons (Fsp3) is 0.182. The first-order valence-corrected chi connectivity index (χ1v) is 10.6. The van der Waals surface area contributed by atoms with Crippen LogP contribution in [-0.4, -0.2) is 23.9 Å². The van der Waals surface area contributed by atoms with E-state index in [2.05, 4.69) is 6.58 Å². The molecule has 0 spiro atoms. The Morgan fingerprint density at radius 2 is 2.00 bits per heavy atom. The van der Waals surface area contributed by atoms with Crippen molar-refractivity contribution in [3.8, 4) is 11.5 Å². The van der Waals surface area contributed by atoms with Crippen molar-refractivity contribution in [2.75, 3.05) is 18.6 Å². The third-order valence-electron chi connectivity index (χ3n) is 4.20. The van der Waals surface area contributed by atoms with E-state index in [0.717, 1.165) is 11.1 Å². The Kier molecular flexibility index (Phi) is 7.00. The molecule has 0 radical (unpaired) electrons. The summed E-state index contributed by atoms with van der Waals surface area (Å²) in [4.78, 5) is 15.1. The molecule has 0 saturated carbocycles. The highest BCUT2D eigenvalue weighted by Crippen LogP contribution is 2.39. The molecule has 29 heavy (non-hydrogen) atoms. The quantitative estimate of drug-likeness (QED) is 0.302. The van der Waals surface area contributed by atoms with E-state index in [1.54, 1.807) is 37.5 Å². The van der Waals surface area contributed by atoms with Gasteiger partial charge in [-0.1, -0.05) is 41.7 Å². The lowest BCUT2D eigenvalue weighted by Gasteiger charge is -2.15. The summed E-state index contributed by atoms with van der Waals surface area (Å²) in [6, 6.07) is 10.9. The Balaban J connectivity index is 1.99. The van der Waals surface area contributed by atoms with E-state index in [9.17, 15) is 4.79 Å². The van der Waals surface area contributed by atoms with Crippen molar-refractivity contribution in [2.24, 2.45) is 0 Å². The molecule has 0 aromatic heterocycles. The van der Waals surface area contributed by atoms with Crippen LogP contribution in [0, 0.1) is 0 Å². The zero-order chi connectivity index (χ0) is 21.0. The van der Waals surface area contributed by atoms with E-state index in [4.69, 9.17) is 33.3 Å². The zero-order valence-electron chi connectivity index (χ0n) is 16.1. The summed E-state index contributed by atoms with van der Waals surface area (Å²) in [6.07, 6.45) is 4.25. The van der Waals surface area contributed by atoms with Crippen LogP contribution in [0.2, 0.25) is 5.02 Å². The van der Waals surface area contributed by atoms with Gasteiger partial charge in [0.05, 0.1) is 24.3 Å². The molecule has 1 aliphatic rings. The summed E-state index contributed by atoms with van der Waals surface area (Å²) in [5.41, 5.74) is 2.47. The summed E-state index contributed by atoms with van der Waals surface area (Å²) in [7, 11) is 1.61. The molecule has 0 unspecified atom stereocenters. The lowest BCUT2D eigenvalue weighted by atomic mass is 10.0. The molecule has 3 rings (SSSR count). The lowest BCUT2D eigenvalue weighted by molar-refractivity contribution is -0.113. The van der Waals surface area contributed by atoms with Crippen LogP contribution < -0.4 is 14.4 Å². The average Bonchev–Trinajstić information content (AvgIpc) is 2.96. The Morgan fingerprint density at radius 1 is 1.28 bits per heavy atom. The number of thioether (sulfide) groups is 1. The number of hydrogen-bond donors (Lipinski definition) is 0. The van der Waals surface area contributed by atoms with Crippen molar-refractivity contribution in [1.29, 1.82) is 0 Å². The number of amides is 1. The molecule has 0 bridgehead atoms. The van der Waals surface area contributed by atoms with Gasteiger partial charge in [0, 0.05) is 10.6 Å². The fourth-order valence-corrected chi connectivity index (χ4v) is 4.43. The third-order valence-corrected chi connectivity index (χ3v) is 5.75. The standard InChI is InChI=1S/C22H20ClNO3S2/c1-4-6-15-11-14(12-18(27-5-2)20(15)26-3)13-19-21(25)24(22(28)29-19)17-9-7-16(23)8-10-17/h4,7-13H,1,5-6H2,2-3H3/b19-13-. The van der Waals surface area contributed by atoms with E-state index in [1.165, 1.54) is 16.7 Å². The summed E-state index contributed by atoms with van der Waals surface area (Å²) < 4.78 is 11.7. The Bertz CT molecular complexity index is 986. The van der Waals surface area contributed by atoms with E-state index in [0.29, 0.717) is 44.5 Å². The summed E-state index contributed by atoms with van der Waals surface area (Å²) >= 11 is 12.7. The predicted octanol–water partition coefficient (Wildman–Crippen LogP) is 5.88. The monoisotopic (exact) mass is 445 g/mol. The molecule has 0 N–H and O–H groups in total. The molecule has 150 valence electrons. The van der Waals surface area contributed by atoms with Gasteiger partial charge >= 0.3 is 0 Å². The minimum absolute atomic E-state index is 0.165. The number of benzene rings is 2. The number of carbonyl (C=O) groups excluding carboxylic acids is 1. The zero-order valence-corrected chi connectivity index (χ0v) is 18.5. The highest BCUT2D eigenvalue weighted by molar-refractivity contribution is 8.27. The molecule has 4 nitrogen and oxygen atoms in total. The number of ether oxygens (including phenoxy) is 2. The van der Waals surface area contributed by atoms with Gasteiger partial charge in [0.15, 0.2) is 15.8 Å². The number of halogens is 1. The van der Waals surface area contributed by atoms with Gasteiger partial charge < -0.3 is 9.47 Å². The van der Waals surface area contributed by atoms with Crippen LogP contribution in [0.4, 0.5) is 5.69 Å². The maximum absolute atomic E-state index is 13.0. The number of nitrogens with zero attached hydrogens (tertiary/aromatic N) is 1. The number of hydrogen-bond acceptors (Lipinski definition) is 5. The maximum atomic E-state index is 13.0. The highest BCUT2D eigenvalue weighted by Gasteiger charge is 2.33. The maximum Gasteiger partial charge on any atom is 0.270 e. The Labute approximate surface area is 185 Å². The van der Waals surface area contributed by atoms with E-state index >= 15 is 0 Å². The van der Waals surface area contributed by atoms with Crippen LogP contribution in [0.15, 0.2) is 54.0 Å². The summed E-state index contributed by atoms with van der Waals surface area (Å²) in [5, 5.41) is 0.603. The van der Waals surface area contributed by atoms with Crippen molar-refractivity contribution in [2.45, 2.75) is 13.3 Å². The number of carbonyl (C=O) groups is 1. The molecule has 1 saturated heterocycles. The van der Waals surface area contributed by atoms with Crippen LogP contribution in [0.5, 0.6) is 11.5 Å². The first kappa shape index (κ1) is 21.4. The van der Waals surface area contributed by atoms with Gasteiger partial charge in [-0.05, 0) is 61.4 Å². The fourth-order valence-electron chi connectivity index (χ4n) is 3.00. The first-order chi connectivity index (χ1) is 14.0. The van der Waals surface area contributed by atoms with Crippen LogP contribution >= 0.6 is 35.6 Å². The molecule has 7 heteroatoms. The van der Waals surface area contributed by atoms with Gasteiger partial charge in [0.2, 0.25) is 0 Å².